The molecule has 2 saturated carbocycles. The molecule has 3 aromatic carbocycles. The van der Waals surface area contributed by atoms with Crippen molar-refractivity contribution in [3.8, 4) is 0 Å². The lowest BCUT2D eigenvalue weighted by Gasteiger charge is -2.44. The molecule has 0 aromatic heterocycles. The average molecular weight is 623 g/mol. The molecule has 2 aliphatic carbocycles. The van der Waals surface area contributed by atoms with Gasteiger partial charge in [0, 0.05) is 18.5 Å². The lowest BCUT2D eigenvalue weighted by molar-refractivity contribution is -0.134. The summed E-state index contributed by atoms with van der Waals surface area (Å²) in [5.74, 6) is -1.45. The van der Waals surface area contributed by atoms with Gasteiger partial charge in [-0.3, -0.25) is 9.52 Å². The van der Waals surface area contributed by atoms with E-state index in [1.54, 1.807) is 35.2 Å². The van der Waals surface area contributed by atoms with E-state index >= 15 is 0 Å². The molecule has 1 amide bonds. The summed E-state index contributed by atoms with van der Waals surface area (Å²) in [6.45, 7) is 0.168. The van der Waals surface area contributed by atoms with E-state index < -0.39 is 31.8 Å². The largest absolute Gasteiger partial charge is 0.511 e. The Labute approximate surface area is 248 Å². The van der Waals surface area contributed by atoms with Crippen molar-refractivity contribution in [1.82, 2.24) is 4.90 Å². The van der Waals surface area contributed by atoms with Gasteiger partial charge >= 0.3 is 0 Å². The van der Waals surface area contributed by atoms with Crippen LogP contribution in [-0.2, 0) is 31.4 Å². The number of rotatable bonds is 6. The number of fused-ring (bicyclic) bond motifs is 6. The van der Waals surface area contributed by atoms with Gasteiger partial charge in [0.05, 0.1) is 16.3 Å². The van der Waals surface area contributed by atoms with Crippen LogP contribution in [0.1, 0.15) is 24.8 Å². The topological polar surface area (TPSA) is 145 Å². The zero-order valence-electron chi connectivity index (χ0n) is 22.6. The molecule has 0 saturated heterocycles. The number of amidine groups is 1. The van der Waals surface area contributed by atoms with Crippen LogP contribution in [0.5, 0.6) is 0 Å². The van der Waals surface area contributed by atoms with Gasteiger partial charge in [0.1, 0.15) is 22.0 Å². The molecule has 10 nitrogen and oxygen atoms in total. The summed E-state index contributed by atoms with van der Waals surface area (Å²) in [6.07, 6.45) is 2.67. The van der Waals surface area contributed by atoms with Gasteiger partial charge in [-0.25, -0.2) is 12.8 Å². The molecule has 0 radical (unpaired) electrons. The minimum Gasteiger partial charge on any atom is -0.511 e. The van der Waals surface area contributed by atoms with Crippen LogP contribution in [0.4, 0.5) is 15.8 Å². The molecule has 2 heterocycles. The average Bonchev–Trinajstić information content (AvgIpc) is 3.60. The first kappa shape index (κ1) is 27.6. The predicted octanol–water partition coefficient (Wildman–Crippen LogP) is 4.41. The van der Waals surface area contributed by atoms with Crippen molar-refractivity contribution < 1.29 is 31.1 Å². The Bertz CT molecular complexity index is 1930. The minimum atomic E-state index is -4.41. The van der Waals surface area contributed by atoms with E-state index in [9.17, 15) is 31.1 Å². The number of hydrogen-bond donors (Lipinski definition) is 3. The van der Waals surface area contributed by atoms with Crippen molar-refractivity contribution in [3.63, 3.8) is 0 Å². The van der Waals surface area contributed by atoms with E-state index in [4.69, 9.17) is 0 Å². The lowest BCUT2D eigenvalue weighted by Crippen LogP contribution is -2.53. The number of sulfonamides is 2. The van der Waals surface area contributed by atoms with Gasteiger partial charge in [0.25, 0.3) is 26.0 Å². The Morgan fingerprint density at radius 2 is 1.74 bits per heavy atom. The van der Waals surface area contributed by atoms with Gasteiger partial charge in [-0.2, -0.15) is 8.42 Å². The number of carbonyl (C=O) groups is 1. The number of benzene rings is 3. The second kappa shape index (κ2) is 9.91. The minimum absolute atomic E-state index is 0.0105. The maximum absolute atomic E-state index is 14.0. The van der Waals surface area contributed by atoms with E-state index in [1.165, 1.54) is 36.4 Å². The highest BCUT2D eigenvalue weighted by atomic mass is 32.2. The molecule has 3 aromatic rings. The third-order valence-electron chi connectivity index (χ3n) is 8.81. The first-order valence-corrected chi connectivity index (χ1v) is 16.8. The molecule has 2 unspecified atom stereocenters. The monoisotopic (exact) mass is 622 g/mol. The van der Waals surface area contributed by atoms with Gasteiger partial charge < -0.3 is 15.3 Å². The third kappa shape index (κ3) is 4.67. The van der Waals surface area contributed by atoms with E-state index in [0.717, 1.165) is 25.3 Å². The van der Waals surface area contributed by atoms with Gasteiger partial charge in [0.2, 0.25) is 0 Å². The second-order valence-electron chi connectivity index (χ2n) is 11.3. The number of carbonyl (C=O) groups excluding carboxylic acids is 1. The Hall–Kier alpha value is -4.23. The predicted molar refractivity (Wildman–Crippen MR) is 157 cm³/mol. The van der Waals surface area contributed by atoms with E-state index in [0.29, 0.717) is 5.56 Å². The van der Waals surface area contributed by atoms with Crippen LogP contribution in [0.25, 0.3) is 0 Å². The fourth-order valence-corrected chi connectivity index (χ4v) is 9.20. The number of nitrogens with one attached hydrogen (secondary N) is 2. The molecule has 43 heavy (non-hydrogen) atoms. The summed E-state index contributed by atoms with van der Waals surface area (Å²) < 4.78 is 72.3. The van der Waals surface area contributed by atoms with Gasteiger partial charge in [-0.05, 0) is 79.1 Å². The van der Waals surface area contributed by atoms with E-state index in [1.807, 2.05) is 0 Å². The van der Waals surface area contributed by atoms with Gasteiger partial charge in [0.15, 0.2) is 5.84 Å². The molecule has 2 bridgehead atoms. The lowest BCUT2D eigenvalue weighted by atomic mass is 9.77. The summed E-state index contributed by atoms with van der Waals surface area (Å²) in [6, 6.07) is 17.2. The normalized spacial score (nSPS) is 25.6. The highest BCUT2D eigenvalue weighted by Crippen LogP contribution is 2.55. The first-order valence-electron chi connectivity index (χ1n) is 13.8. The fraction of sp³-hybridized carbons (Fsp3) is 0.267. The Morgan fingerprint density at radius 3 is 2.49 bits per heavy atom. The molecule has 222 valence electrons. The number of aliphatic hydroxyl groups is 1. The van der Waals surface area contributed by atoms with Crippen LogP contribution in [0, 0.1) is 23.6 Å². The van der Waals surface area contributed by atoms with Crippen molar-refractivity contribution in [1.29, 1.82) is 0 Å². The summed E-state index contributed by atoms with van der Waals surface area (Å²) >= 11 is 0. The molecule has 4 atom stereocenters. The maximum atomic E-state index is 14.0. The second-order valence-corrected chi connectivity index (χ2v) is 14.6. The van der Waals surface area contributed by atoms with E-state index in [2.05, 4.69) is 14.4 Å². The quantitative estimate of drug-likeness (QED) is 0.369. The fourth-order valence-electron chi connectivity index (χ4n) is 6.98. The van der Waals surface area contributed by atoms with Gasteiger partial charge in [-0.1, -0.05) is 30.3 Å². The van der Waals surface area contributed by atoms with E-state index in [-0.39, 0.29) is 68.7 Å². The number of amides is 1. The molecule has 2 aliphatic heterocycles. The van der Waals surface area contributed by atoms with Crippen LogP contribution >= 0.6 is 0 Å². The molecule has 0 spiro atoms. The molecule has 2 fully saturated rings. The SMILES string of the molecule is O=C1C(C2=NS(=O)(=O)c3cc(NS(=O)(=O)c4ccccc4)ccc3N2)=C(O)C2C([C@H]3CC[C@@H]2C3)N1Cc1ccc(F)cc1. The molecule has 7 rings (SSSR count). The van der Waals surface area contributed by atoms with Crippen molar-refractivity contribution in [2.24, 2.45) is 22.2 Å². The van der Waals surface area contributed by atoms with Crippen LogP contribution < -0.4 is 10.0 Å². The van der Waals surface area contributed by atoms with Crippen molar-refractivity contribution >= 4 is 43.2 Å². The summed E-state index contributed by atoms with van der Waals surface area (Å²) in [5.41, 5.74) is 0.594. The Kier molecular flexibility index (Phi) is 6.36. The number of nitrogens with zero attached hydrogens (tertiary/aromatic N) is 2. The number of hydrogen-bond acceptors (Lipinski definition) is 7. The first-order chi connectivity index (χ1) is 20.5. The number of aliphatic hydroxyl groups excluding tert-OH is 1. The molecule has 3 N–H and O–H groups in total. The van der Waals surface area contributed by atoms with Crippen molar-refractivity contribution in [2.45, 2.75) is 41.6 Å². The van der Waals surface area contributed by atoms with Crippen LogP contribution in [0.3, 0.4) is 0 Å². The van der Waals surface area contributed by atoms with Crippen LogP contribution in [0.15, 0.2) is 98.3 Å². The van der Waals surface area contributed by atoms with Crippen molar-refractivity contribution in [2.75, 3.05) is 10.0 Å². The third-order valence-corrected chi connectivity index (χ3v) is 11.5. The molecular weight excluding hydrogens is 595 g/mol. The standard InChI is InChI=1S/C30H27FN4O6S2/c31-20-10-6-17(7-11-20)16-35-27-19-9-8-18(14-19)25(27)28(36)26(30(35)37)29-32-23-13-12-21(15-24(23)43(40,41)34-29)33-42(38,39)22-4-2-1-3-5-22/h1-7,10-13,15,18-19,25,27,33,36H,8-9,14,16H2,(H,32,34)/t18-,19+,25?,27?/m1/s1. The summed E-state index contributed by atoms with van der Waals surface area (Å²) in [4.78, 5) is 15.4. The highest BCUT2D eigenvalue weighted by Gasteiger charge is 2.57. The molecule has 13 heteroatoms. The summed E-state index contributed by atoms with van der Waals surface area (Å²) in [7, 11) is -8.39. The smallest absolute Gasteiger partial charge is 0.286 e. The highest BCUT2D eigenvalue weighted by molar-refractivity contribution is 7.92. The molecule has 4 aliphatic rings. The maximum Gasteiger partial charge on any atom is 0.286 e. The summed E-state index contributed by atoms with van der Waals surface area (Å²) in [5, 5.41) is 14.4. The number of anilines is 2. The van der Waals surface area contributed by atoms with Crippen LogP contribution in [-0.4, -0.2) is 44.6 Å². The Balaban J connectivity index is 1.24. The zero-order valence-corrected chi connectivity index (χ0v) is 24.3. The zero-order chi connectivity index (χ0) is 30.1. The Morgan fingerprint density at radius 1 is 1.02 bits per heavy atom. The number of halogens is 1. The van der Waals surface area contributed by atoms with Crippen LogP contribution in [0.2, 0.25) is 0 Å². The van der Waals surface area contributed by atoms with Gasteiger partial charge in [-0.15, -0.1) is 4.40 Å². The molecular formula is C30H27FN4O6S2. The van der Waals surface area contributed by atoms with Crippen molar-refractivity contribution in [3.05, 3.63) is 95.5 Å².